The van der Waals surface area contributed by atoms with Gasteiger partial charge in [0.15, 0.2) is 0 Å². The Morgan fingerprint density at radius 1 is 1.05 bits per heavy atom. The van der Waals surface area contributed by atoms with Crippen LogP contribution in [-0.4, -0.2) is 9.67 Å². The lowest BCUT2D eigenvalue weighted by molar-refractivity contribution is 0.282. The lowest BCUT2D eigenvalue weighted by Crippen LogP contribution is -1.98. The number of aliphatic hydroxyl groups is 1. The Morgan fingerprint density at radius 2 is 1.85 bits per heavy atom. The molecule has 3 aromatic rings. The number of rotatable bonds is 3. The summed E-state index contributed by atoms with van der Waals surface area (Å²) in [4.78, 5) is 0. The van der Waals surface area contributed by atoms with Gasteiger partial charge in [-0.2, -0.15) is 0 Å². The lowest BCUT2D eigenvalue weighted by atomic mass is 10.1. The molecule has 1 N–H and O–H groups in total. The highest BCUT2D eigenvalue weighted by Crippen LogP contribution is 2.21. The Hall–Kier alpha value is -1.84. The van der Waals surface area contributed by atoms with Gasteiger partial charge in [0.25, 0.3) is 0 Å². The third-order valence-electron chi connectivity index (χ3n) is 3.35. The normalized spacial score (nSPS) is 11.2. The number of hydrogen-bond acceptors (Lipinski definition) is 1. The molecule has 0 atom stereocenters. The molecule has 1 aromatic heterocycles. The monoisotopic (exact) mass is 289 g/mol. The molecule has 0 aliphatic carbocycles. The third-order valence-corrected chi connectivity index (χ3v) is 3.66. The van der Waals surface area contributed by atoms with Gasteiger partial charge in [-0.25, -0.2) is 4.39 Å². The van der Waals surface area contributed by atoms with Crippen molar-refractivity contribution in [3.63, 3.8) is 0 Å². The van der Waals surface area contributed by atoms with Crippen molar-refractivity contribution in [1.29, 1.82) is 0 Å². The first-order valence-electron chi connectivity index (χ1n) is 6.30. The number of fused-ring (bicyclic) bond motifs is 1. The second-order valence-electron chi connectivity index (χ2n) is 4.74. The van der Waals surface area contributed by atoms with Crippen LogP contribution >= 0.6 is 11.6 Å². The first-order valence-corrected chi connectivity index (χ1v) is 6.68. The van der Waals surface area contributed by atoms with Crippen molar-refractivity contribution in [3.05, 3.63) is 70.6 Å². The number of nitrogens with zero attached hydrogens (tertiary/aromatic N) is 1. The van der Waals surface area contributed by atoms with Gasteiger partial charge in [0.1, 0.15) is 5.82 Å². The van der Waals surface area contributed by atoms with Crippen LogP contribution in [-0.2, 0) is 13.2 Å². The fraction of sp³-hybridized carbons (Fsp3) is 0.125. The van der Waals surface area contributed by atoms with Crippen LogP contribution in [0.15, 0.2) is 48.7 Å². The van der Waals surface area contributed by atoms with E-state index in [1.165, 1.54) is 6.07 Å². The summed E-state index contributed by atoms with van der Waals surface area (Å²) in [6.45, 7) is 0.611. The van der Waals surface area contributed by atoms with Gasteiger partial charge in [-0.3, -0.25) is 0 Å². The van der Waals surface area contributed by atoms with Crippen molar-refractivity contribution in [1.82, 2.24) is 4.57 Å². The molecule has 0 unspecified atom stereocenters. The van der Waals surface area contributed by atoms with E-state index in [0.29, 0.717) is 6.54 Å². The van der Waals surface area contributed by atoms with Gasteiger partial charge < -0.3 is 9.67 Å². The van der Waals surface area contributed by atoms with Crippen LogP contribution < -0.4 is 0 Å². The highest BCUT2D eigenvalue weighted by Gasteiger charge is 2.05. The first kappa shape index (κ1) is 13.2. The van der Waals surface area contributed by atoms with E-state index in [-0.39, 0.29) is 11.6 Å². The molecular weight excluding hydrogens is 277 g/mol. The summed E-state index contributed by atoms with van der Waals surface area (Å²) in [5.74, 6) is -0.400. The molecule has 0 aliphatic heterocycles. The standard InChI is InChI=1S/C16H13ClFNO/c17-14-3-1-11(8-15(14)18)9-19-6-5-13-7-12(10-20)2-4-16(13)19/h1-8,20H,9-10H2. The Labute approximate surface area is 121 Å². The molecule has 20 heavy (non-hydrogen) atoms. The summed E-state index contributed by atoms with van der Waals surface area (Å²) in [5, 5.41) is 10.3. The summed E-state index contributed by atoms with van der Waals surface area (Å²) in [5.41, 5.74) is 2.79. The highest BCUT2D eigenvalue weighted by molar-refractivity contribution is 6.30. The van der Waals surface area contributed by atoms with Crippen LogP contribution in [0.5, 0.6) is 0 Å². The van der Waals surface area contributed by atoms with Gasteiger partial charge in [-0.05, 0) is 46.8 Å². The fourth-order valence-corrected chi connectivity index (χ4v) is 2.44. The third kappa shape index (κ3) is 2.42. The van der Waals surface area contributed by atoms with Crippen molar-refractivity contribution in [2.24, 2.45) is 0 Å². The van der Waals surface area contributed by atoms with E-state index in [0.717, 1.165) is 22.0 Å². The molecule has 0 fully saturated rings. The molecule has 2 nitrogen and oxygen atoms in total. The van der Waals surface area contributed by atoms with Gasteiger partial charge in [0.2, 0.25) is 0 Å². The molecule has 0 aliphatic rings. The van der Waals surface area contributed by atoms with E-state index in [2.05, 4.69) is 0 Å². The maximum absolute atomic E-state index is 13.5. The molecule has 2 aromatic carbocycles. The van der Waals surface area contributed by atoms with E-state index in [9.17, 15) is 4.39 Å². The summed E-state index contributed by atoms with van der Waals surface area (Å²) in [6.07, 6.45) is 1.96. The number of halogens is 2. The van der Waals surface area contributed by atoms with Gasteiger partial charge in [-0.1, -0.05) is 23.7 Å². The SMILES string of the molecule is OCc1ccc2c(ccn2Cc2ccc(Cl)c(F)c2)c1. The van der Waals surface area contributed by atoms with E-state index in [4.69, 9.17) is 16.7 Å². The van der Waals surface area contributed by atoms with Crippen molar-refractivity contribution < 1.29 is 9.50 Å². The van der Waals surface area contributed by atoms with Crippen LogP contribution in [0.1, 0.15) is 11.1 Å². The quantitative estimate of drug-likeness (QED) is 0.775. The lowest BCUT2D eigenvalue weighted by Gasteiger charge is -2.07. The molecule has 0 saturated heterocycles. The minimum Gasteiger partial charge on any atom is -0.392 e. The van der Waals surface area contributed by atoms with Crippen LogP contribution in [0.25, 0.3) is 10.9 Å². The molecule has 0 bridgehead atoms. The Morgan fingerprint density at radius 3 is 2.60 bits per heavy atom. The average molecular weight is 290 g/mol. The maximum Gasteiger partial charge on any atom is 0.142 e. The zero-order valence-electron chi connectivity index (χ0n) is 10.7. The molecular formula is C16H13ClFNO. The summed E-state index contributed by atoms with van der Waals surface area (Å²) in [7, 11) is 0. The molecule has 3 rings (SSSR count). The molecule has 0 saturated carbocycles. The van der Waals surface area contributed by atoms with E-state index in [1.54, 1.807) is 6.07 Å². The number of aromatic nitrogens is 1. The van der Waals surface area contributed by atoms with Crippen molar-refractivity contribution in [3.8, 4) is 0 Å². The van der Waals surface area contributed by atoms with Crippen molar-refractivity contribution in [2.75, 3.05) is 0 Å². The van der Waals surface area contributed by atoms with Gasteiger partial charge >= 0.3 is 0 Å². The summed E-state index contributed by atoms with van der Waals surface area (Å²) >= 11 is 5.69. The Balaban J connectivity index is 1.96. The molecule has 1 heterocycles. The predicted molar refractivity (Wildman–Crippen MR) is 78.4 cm³/mol. The molecule has 0 radical (unpaired) electrons. The smallest absolute Gasteiger partial charge is 0.142 e. The number of aliphatic hydroxyl groups excluding tert-OH is 1. The van der Waals surface area contributed by atoms with Gasteiger partial charge in [0, 0.05) is 18.3 Å². The zero-order valence-corrected chi connectivity index (χ0v) is 11.4. The molecule has 0 amide bonds. The van der Waals surface area contributed by atoms with E-state index in [1.807, 2.05) is 41.1 Å². The average Bonchev–Trinajstić information content (AvgIpc) is 2.85. The summed E-state index contributed by atoms with van der Waals surface area (Å²) in [6, 6.07) is 12.6. The van der Waals surface area contributed by atoms with Crippen LogP contribution in [0.4, 0.5) is 4.39 Å². The van der Waals surface area contributed by atoms with Crippen molar-refractivity contribution in [2.45, 2.75) is 13.2 Å². The minimum atomic E-state index is -0.400. The molecule has 102 valence electrons. The van der Waals surface area contributed by atoms with E-state index < -0.39 is 5.82 Å². The van der Waals surface area contributed by atoms with E-state index >= 15 is 0 Å². The van der Waals surface area contributed by atoms with Crippen LogP contribution in [0.3, 0.4) is 0 Å². The number of hydrogen-bond donors (Lipinski definition) is 1. The number of benzene rings is 2. The molecule has 4 heteroatoms. The Bertz CT molecular complexity index is 766. The highest BCUT2D eigenvalue weighted by atomic mass is 35.5. The van der Waals surface area contributed by atoms with Crippen LogP contribution in [0.2, 0.25) is 5.02 Å². The first-order chi connectivity index (χ1) is 9.67. The van der Waals surface area contributed by atoms with Gasteiger partial charge in [-0.15, -0.1) is 0 Å². The van der Waals surface area contributed by atoms with Crippen LogP contribution in [0, 0.1) is 5.82 Å². The molecule has 0 spiro atoms. The second-order valence-corrected chi connectivity index (χ2v) is 5.15. The van der Waals surface area contributed by atoms with Crippen molar-refractivity contribution >= 4 is 22.5 Å². The second kappa shape index (κ2) is 5.27. The Kier molecular flexibility index (Phi) is 3.47. The zero-order chi connectivity index (χ0) is 14.1. The predicted octanol–water partition coefficient (Wildman–Crippen LogP) is 3.97. The topological polar surface area (TPSA) is 25.2 Å². The maximum atomic E-state index is 13.5. The fourth-order valence-electron chi connectivity index (χ4n) is 2.32. The largest absolute Gasteiger partial charge is 0.392 e. The van der Waals surface area contributed by atoms with Gasteiger partial charge in [0.05, 0.1) is 11.6 Å². The summed E-state index contributed by atoms with van der Waals surface area (Å²) < 4.78 is 15.5. The minimum absolute atomic E-state index is 0.0313.